The van der Waals surface area contributed by atoms with Crippen LogP contribution in [0.5, 0.6) is 0 Å². The maximum atomic E-state index is 4.49. The molecule has 19 heavy (non-hydrogen) atoms. The van der Waals surface area contributed by atoms with E-state index in [2.05, 4.69) is 27.0 Å². The van der Waals surface area contributed by atoms with Crippen molar-refractivity contribution in [1.29, 1.82) is 0 Å². The Bertz CT molecular complexity index is 494. The zero-order chi connectivity index (χ0) is 13.1. The molecule has 1 fully saturated rings. The van der Waals surface area contributed by atoms with Crippen LogP contribution in [-0.4, -0.2) is 64.6 Å². The smallest absolute Gasteiger partial charge is 0.113 e. The summed E-state index contributed by atoms with van der Waals surface area (Å²) < 4.78 is 0. The predicted molar refractivity (Wildman–Crippen MR) is 76.1 cm³/mol. The highest BCUT2D eigenvalue weighted by atomic mass is 15.5. The first-order valence-corrected chi connectivity index (χ1v) is 7.02. The highest BCUT2D eigenvalue weighted by Crippen LogP contribution is 2.07. The molecular formula is C14H21N5. The van der Waals surface area contributed by atoms with Gasteiger partial charge in [-0.3, -0.25) is 0 Å². The van der Waals surface area contributed by atoms with Gasteiger partial charge in [0.25, 0.3) is 0 Å². The molecule has 5 heteroatoms. The van der Waals surface area contributed by atoms with Crippen molar-refractivity contribution in [2.24, 2.45) is 0 Å². The lowest BCUT2D eigenvalue weighted by Crippen LogP contribution is -2.44. The van der Waals surface area contributed by atoms with Crippen LogP contribution in [-0.2, 0) is 6.54 Å². The SMILES string of the molecule is CN1CCN(CCCn2nc3ccccc3n2)CC1. The molecule has 102 valence electrons. The summed E-state index contributed by atoms with van der Waals surface area (Å²) in [5.41, 5.74) is 1.98. The molecule has 1 aliphatic heterocycles. The van der Waals surface area contributed by atoms with Crippen LogP contribution in [0.4, 0.5) is 0 Å². The Hall–Kier alpha value is -1.46. The summed E-state index contributed by atoms with van der Waals surface area (Å²) in [5.74, 6) is 0. The lowest BCUT2D eigenvalue weighted by atomic mass is 10.3. The highest BCUT2D eigenvalue weighted by Gasteiger charge is 2.13. The van der Waals surface area contributed by atoms with Crippen LogP contribution in [0.15, 0.2) is 24.3 Å². The number of hydrogen-bond acceptors (Lipinski definition) is 4. The second-order valence-electron chi connectivity index (χ2n) is 5.28. The van der Waals surface area contributed by atoms with Gasteiger partial charge in [-0.05, 0) is 25.6 Å². The number of fused-ring (bicyclic) bond motifs is 1. The van der Waals surface area contributed by atoms with E-state index in [0.29, 0.717) is 0 Å². The van der Waals surface area contributed by atoms with Crippen molar-refractivity contribution in [2.45, 2.75) is 13.0 Å². The van der Waals surface area contributed by atoms with Crippen molar-refractivity contribution < 1.29 is 0 Å². The molecule has 0 amide bonds. The molecule has 1 aromatic carbocycles. The van der Waals surface area contributed by atoms with Crippen LogP contribution in [0, 0.1) is 0 Å². The van der Waals surface area contributed by atoms with Crippen LogP contribution in [0.3, 0.4) is 0 Å². The molecule has 5 nitrogen and oxygen atoms in total. The summed E-state index contributed by atoms with van der Waals surface area (Å²) in [7, 11) is 2.19. The number of piperazine rings is 1. The fourth-order valence-corrected chi connectivity index (χ4v) is 2.51. The van der Waals surface area contributed by atoms with Gasteiger partial charge in [0.1, 0.15) is 11.0 Å². The number of rotatable bonds is 4. The molecule has 3 rings (SSSR count). The molecule has 0 radical (unpaired) electrons. The third kappa shape index (κ3) is 3.11. The second-order valence-corrected chi connectivity index (χ2v) is 5.28. The zero-order valence-electron chi connectivity index (χ0n) is 11.5. The molecule has 1 saturated heterocycles. The summed E-state index contributed by atoms with van der Waals surface area (Å²) in [6, 6.07) is 8.04. The number of hydrogen-bond donors (Lipinski definition) is 0. The van der Waals surface area contributed by atoms with Crippen molar-refractivity contribution in [3.63, 3.8) is 0 Å². The summed E-state index contributed by atoms with van der Waals surface area (Å²) in [6.07, 6.45) is 1.12. The van der Waals surface area contributed by atoms with E-state index in [4.69, 9.17) is 0 Å². The van der Waals surface area contributed by atoms with E-state index in [-0.39, 0.29) is 0 Å². The van der Waals surface area contributed by atoms with Crippen molar-refractivity contribution in [3.05, 3.63) is 24.3 Å². The van der Waals surface area contributed by atoms with Crippen molar-refractivity contribution in [1.82, 2.24) is 24.8 Å². The van der Waals surface area contributed by atoms with Crippen LogP contribution in [0.25, 0.3) is 11.0 Å². The van der Waals surface area contributed by atoms with Gasteiger partial charge in [-0.15, -0.1) is 0 Å². The molecule has 1 aromatic heterocycles. The van der Waals surface area contributed by atoms with Gasteiger partial charge in [-0.1, -0.05) is 12.1 Å². The molecule has 0 spiro atoms. The number of nitrogens with zero attached hydrogens (tertiary/aromatic N) is 5. The molecule has 0 saturated carbocycles. The summed E-state index contributed by atoms with van der Waals surface area (Å²) in [5, 5.41) is 8.97. The first-order valence-electron chi connectivity index (χ1n) is 7.02. The van der Waals surface area contributed by atoms with Crippen LogP contribution < -0.4 is 0 Å². The average molecular weight is 259 g/mol. The maximum Gasteiger partial charge on any atom is 0.113 e. The van der Waals surface area contributed by atoms with Gasteiger partial charge < -0.3 is 9.80 Å². The predicted octanol–water partition coefficient (Wildman–Crippen LogP) is 1.07. The number of aryl methyl sites for hydroxylation is 1. The number of aromatic nitrogens is 3. The molecule has 0 unspecified atom stereocenters. The summed E-state index contributed by atoms with van der Waals surface area (Å²) in [4.78, 5) is 6.75. The topological polar surface area (TPSA) is 37.2 Å². The molecule has 2 heterocycles. The standard InChI is InChI=1S/C14H21N5/c1-17-9-11-18(12-10-17)7-4-8-19-15-13-5-2-3-6-14(13)16-19/h2-3,5-6H,4,7-12H2,1H3. The quantitative estimate of drug-likeness (QED) is 0.823. The van der Waals surface area contributed by atoms with E-state index in [1.54, 1.807) is 0 Å². The Kier molecular flexibility index (Phi) is 3.75. The van der Waals surface area contributed by atoms with Crippen molar-refractivity contribution in [3.8, 4) is 0 Å². The van der Waals surface area contributed by atoms with Gasteiger partial charge in [-0.2, -0.15) is 15.0 Å². The Morgan fingerprint density at radius 2 is 1.58 bits per heavy atom. The largest absolute Gasteiger partial charge is 0.304 e. The van der Waals surface area contributed by atoms with E-state index in [9.17, 15) is 0 Å². The molecule has 2 aromatic rings. The van der Waals surface area contributed by atoms with E-state index in [1.807, 2.05) is 29.1 Å². The Balaban J connectivity index is 1.49. The molecule has 0 bridgehead atoms. The van der Waals surface area contributed by atoms with E-state index in [1.165, 1.54) is 26.2 Å². The van der Waals surface area contributed by atoms with Crippen LogP contribution in [0.2, 0.25) is 0 Å². The monoisotopic (exact) mass is 259 g/mol. The van der Waals surface area contributed by atoms with E-state index >= 15 is 0 Å². The highest BCUT2D eigenvalue weighted by molar-refractivity contribution is 5.72. The normalized spacial score (nSPS) is 18.2. The molecule has 0 atom stereocenters. The molecular weight excluding hydrogens is 238 g/mol. The summed E-state index contributed by atoms with van der Waals surface area (Å²) >= 11 is 0. The van der Waals surface area contributed by atoms with Gasteiger partial charge in [0.15, 0.2) is 0 Å². The molecule has 0 N–H and O–H groups in total. The van der Waals surface area contributed by atoms with Gasteiger partial charge >= 0.3 is 0 Å². The Morgan fingerprint density at radius 3 is 2.21 bits per heavy atom. The lowest BCUT2D eigenvalue weighted by Gasteiger charge is -2.32. The van der Waals surface area contributed by atoms with E-state index < -0.39 is 0 Å². The average Bonchev–Trinajstić information content (AvgIpc) is 2.83. The summed E-state index contributed by atoms with van der Waals surface area (Å²) in [6.45, 7) is 6.79. The Labute approximate surface area is 113 Å². The second kappa shape index (κ2) is 5.67. The minimum absolute atomic E-state index is 0.904. The minimum atomic E-state index is 0.904. The van der Waals surface area contributed by atoms with Crippen LogP contribution >= 0.6 is 0 Å². The first kappa shape index (κ1) is 12.6. The maximum absolute atomic E-state index is 4.49. The molecule has 1 aliphatic rings. The molecule has 0 aliphatic carbocycles. The number of likely N-dealkylation sites (N-methyl/N-ethyl adjacent to an activating group) is 1. The fraction of sp³-hybridized carbons (Fsp3) is 0.571. The lowest BCUT2D eigenvalue weighted by molar-refractivity contribution is 0.150. The van der Waals surface area contributed by atoms with Gasteiger partial charge in [0.2, 0.25) is 0 Å². The van der Waals surface area contributed by atoms with Crippen molar-refractivity contribution >= 4 is 11.0 Å². The van der Waals surface area contributed by atoms with Gasteiger partial charge in [0.05, 0.1) is 6.54 Å². The van der Waals surface area contributed by atoms with Gasteiger partial charge in [0, 0.05) is 32.7 Å². The minimum Gasteiger partial charge on any atom is -0.304 e. The third-order valence-electron chi connectivity index (χ3n) is 3.76. The van der Waals surface area contributed by atoms with Gasteiger partial charge in [-0.25, -0.2) is 0 Å². The third-order valence-corrected chi connectivity index (χ3v) is 3.76. The zero-order valence-corrected chi connectivity index (χ0v) is 11.5. The Morgan fingerprint density at radius 1 is 0.947 bits per heavy atom. The van der Waals surface area contributed by atoms with E-state index in [0.717, 1.165) is 30.5 Å². The number of benzene rings is 1. The van der Waals surface area contributed by atoms with Crippen LogP contribution in [0.1, 0.15) is 6.42 Å². The van der Waals surface area contributed by atoms with Crippen molar-refractivity contribution in [2.75, 3.05) is 39.8 Å². The fourth-order valence-electron chi connectivity index (χ4n) is 2.51. The first-order chi connectivity index (χ1) is 9.31.